The van der Waals surface area contributed by atoms with Crippen LogP contribution in [0, 0.1) is 19.7 Å². The number of hydrogen-bond acceptors (Lipinski definition) is 4. The number of hydrogen-bond donors (Lipinski definition) is 1. The topological polar surface area (TPSA) is 84.3 Å². The second-order valence-electron chi connectivity index (χ2n) is 8.33. The van der Waals surface area contributed by atoms with Crippen LogP contribution in [0.2, 0.25) is 0 Å². The van der Waals surface area contributed by atoms with E-state index in [9.17, 15) is 18.8 Å². The van der Waals surface area contributed by atoms with Crippen molar-refractivity contribution in [2.24, 2.45) is 0 Å². The highest BCUT2D eigenvalue weighted by molar-refractivity contribution is 6.34. The lowest BCUT2D eigenvalue weighted by molar-refractivity contribution is 0.0924. The molecule has 0 bridgehead atoms. The maximum Gasteiger partial charge on any atom is 0.266 e. The third-order valence-corrected chi connectivity index (χ3v) is 6.00. The fourth-order valence-corrected chi connectivity index (χ4v) is 4.24. The van der Waals surface area contributed by atoms with Gasteiger partial charge in [-0.2, -0.15) is 5.10 Å². The molecule has 3 amide bonds. The van der Waals surface area contributed by atoms with Gasteiger partial charge in [-0.05, 0) is 61.9 Å². The van der Waals surface area contributed by atoms with Gasteiger partial charge in [0.2, 0.25) is 0 Å². The summed E-state index contributed by atoms with van der Waals surface area (Å²) in [7, 11) is 0. The largest absolute Gasteiger partial charge is 0.319 e. The lowest BCUT2D eigenvalue weighted by Gasteiger charge is -2.15. The number of carbonyl (C=O) groups is 3. The van der Waals surface area contributed by atoms with Crippen LogP contribution in [0.1, 0.15) is 48.0 Å². The molecule has 35 heavy (non-hydrogen) atoms. The van der Waals surface area contributed by atoms with Gasteiger partial charge in [0.25, 0.3) is 17.7 Å². The van der Waals surface area contributed by atoms with E-state index in [0.717, 1.165) is 16.2 Å². The van der Waals surface area contributed by atoms with Crippen molar-refractivity contribution in [1.29, 1.82) is 0 Å². The van der Waals surface area contributed by atoms with Crippen molar-refractivity contribution in [3.05, 3.63) is 112 Å². The molecule has 1 aromatic heterocycles. The first kappa shape index (κ1) is 22.2. The molecule has 3 aromatic carbocycles. The Hall–Kier alpha value is -4.59. The molecule has 1 aliphatic rings. The summed E-state index contributed by atoms with van der Waals surface area (Å²) in [5.41, 5.74) is 3.92. The monoisotopic (exact) mass is 468 g/mol. The van der Waals surface area contributed by atoms with Gasteiger partial charge >= 0.3 is 0 Å². The molecule has 4 aromatic rings. The summed E-state index contributed by atoms with van der Waals surface area (Å²) in [6.45, 7) is 3.96. The third kappa shape index (κ3) is 3.99. The predicted octanol–water partition coefficient (Wildman–Crippen LogP) is 4.74. The van der Waals surface area contributed by atoms with Gasteiger partial charge in [0.1, 0.15) is 5.82 Å². The van der Waals surface area contributed by atoms with Crippen LogP contribution in [-0.4, -0.2) is 27.5 Å². The van der Waals surface area contributed by atoms with E-state index in [4.69, 9.17) is 0 Å². The Morgan fingerprint density at radius 2 is 1.60 bits per heavy atom. The molecule has 1 N–H and O–H groups in total. The number of aromatic nitrogens is 2. The van der Waals surface area contributed by atoms with Gasteiger partial charge in [-0.1, -0.05) is 30.3 Å². The van der Waals surface area contributed by atoms with Crippen LogP contribution in [0.3, 0.4) is 0 Å². The first-order valence-corrected chi connectivity index (χ1v) is 11.0. The highest BCUT2D eigenvalue weighted by atomic mass is 19.1. The molecule has 0 saturated heterocycles. The number of amides is 3. The zero-order valence-corrected chi connectivity index (χ0v) is 19.1. The highest BCUT2D eigenvalue weighted by Crippen LogP contribution is 2.29. The Morgan fingerprint density at radius 1 is 0.914 bits per heavy atom. The van der Waals surface area contributed by atoms with Crippen molar-refractivity contribution in [2.75, 3.05) is 10.2 Å². The number of anilines is 2. The van der Waals surface area contributed by atoms with Crippen LogP contribution in [-0.2, 0) is 6.54 Å². The summed E-state index contributed by atoms with van der Waals surface area (Å²) in [5.74, 6) is -1.57. The van der Waals surface area contributed by atoms with Crippen LogP contribution in [0.4, 0.5) is 15.8 Å². The highest BCUT2D eigenvalue weighted by Gasteiger charge is 2.36. The van der Waals surface area contributed by atoms with E-state index < -0.39 is 17.7 Å². The van der Waals surface area contributed by atoms with Crippen LogP contribution < -0.4 is 10.2 Å². The van der Waals surface area contributed by atoms with E-state index in [1.165, 1.54) is 18.2 Å². The zero-order valence-electron chi connectivity index (χ0n) is 19.1. The summed E-state index contributed by atoms with van der Waals surface area (Å²) in [6, 6.07) is 19.3. The van der Waals surface area contributed by atoms with Crippen LogP contribution >= 0.6 is 0 Å². The van der Waals surface area contributed by atoms with Gasteiger partial charge in [0, 0.05) is 5.56 Å². The average Bonchev–Trinajstić information content (AvgIpc) is 3.26. The maximum absolute atomic E-state index is 13.6. The molecule has 7 nitrogen and oxygen atoms in total. The SMILES string of the molecule is Cc1nn(Cc2cccc(F)c2)c(C)c1NC(=O)c1cccc(N2C(=O)c3ccccc3C2=O)c1. The van der Waals surface area contributed by atoms with E-state index in [0.29, 0.717) is 34.7 Å². The lowest BCUT2D eigenvalue weighted by atomic mass is 10.1. The number of imide groups is 1. The van der Waals surface area contributed by atoms with Crippen molar-refractivity contribution < 1.29 is 18.8 Å². The molecule has 174 valence electrons. The Labute approximate surface area is 200 Å². The number of fused-ring (bicyclic) bond motifs is 1. The quantitative estimate of drug-likeness (QED) is 0.429. The van der Waals surface area contributed by atoms with E-state index in [2.05, 4.69) is 10.4 Å². The number of aryl methyl sites for hydroxylation is 1. The smallest absolute Gasteiger partial charge is 0.266 e. The van der Waals surface area contributed by atoms with Crippen LogP contribution in [0.25, 0.3) is 0 Å². The normalized spacial score (nSPS) is 12.7. The molecule has 2 heterocycles. The van der Waals surface area contributed by atoms with Gasteiger partial charge < -0.3 is 5.32 Å². The zero-order chi connectivity index (χ0) is 24.7. The molecular weight excluding hydrogens is 447 g/mol. The fraction of sp³-hybridized carbons (Fsp3) is 0.111. The molecule has 1 aliphatic heterocycles. The summed E-state index contributed by atoms with van der Waals surface area (Å²) in [4.78, 5) is 39.8. The second kappa shape index (κ2) is 8.64. The summed E-state index contributed by atoms with van der Waals surface area (Å²) in [5, 5.41) is 7.37. The number of halogens is 1. The molecule has 8 heteroatoms. The van der Waals surface area contributed by atoms with Gasteiger partial charge in [0.15, 0.2) is 0 Å². The lowest BCUT2D eigenvalue weighted by Crippen LogP contribution is -2.29. The first-order chi connectivity index (χ1) is 16.8. The summed E-state index contributed by atoms with van der Waals surface area (Å²) < 4.78 is 15.3. The van der Waals surface area contributed by atoms with E-state index in [1.807, 2.05) is 13.0 Å². The van der Waals surface area contributed by atoms with Crippen molar-refractivity contribution >= 4 is 29.1 Å². The van der Waals surface area contributed by atoms with Crippen molar-refractivity contribution in [3.63, 3.8) is 0 Å². The average molecular weight is 468 g/mol. The van der Waals surface area contributed by atoms with Crippen molar-refractivity contribution in [3.8, 4) is 0 Å². The van der Waals surface area contributed by atoms with Crippen molar-refractivity contribution in [1.82, 2.24) is 9.78 Å². The van der Waals surface area contributed by atoms with Gasteiger partial charge in [0.05, 0.1) is 40.4 Å². The fourth-order valence-electron chi connectivity index (χ4n) is 4.24. The Balaban J connectivity index is 1.38. The van der Waals surface area contributed by atoms with Crippen LogP contribution in [0.5, 0.6) is 0 Å². The van der Waals surface area contributed by atoms with Crippen molar-refractivity contribution in [2.45, 2.75) is 20.4 Å². The number of nitrogens with zero attached hydrogens (tertiary/aromatic N) is 3. The molecule has 0 atom stereocenters. The minimum Gasteiger partial charge on any atom is -0.319 e. The van der Waals surface area contributed by atoms with Gasteiger partial charge in [-0.25, -0.2) is 9.29 Å². The number of carbonyl (C=O) groups excluding carboxylic acids is 3. The Morgan fingerprint density at radius 3 is 2.29 bits per heavy atom. The molecule has 0 saturated carbocycles. The van der Waals surface area contributed by atoms with E-state index >= 15 is 0 Å². The summed E-state index contributed by atoms with van der Waals surface area (Å²) in [6.07, 6.45) is 0. The minimum atomic E-state index is -0.423. The third-order valence-electron chi connectivity index (χ3n) is 6.00. The standard InChI is InChI=1S/C27H21FN4O3/c1-16-24(17(2)31(30-16)15-18-7-5-9-20(28)13-18)29-25(33)19-8-6-10-21(14-19)32-26(34)22-11-3-4-12-23(22)27(32)35/h3-14H,15H2,1-2H3,(H,29,33). The molecule has 0 aliphatic carbocycles. The Kier molecular flexibility index (Phi) is 5.49. The number of benzene rings is 3. The molecular formula is C27H21FN4O3. The molecule has 0 radical (unpaired) electrons. The maximum atomic E-state index is 13.6. The second-order valence-corrected chi connectivity index (χ2v) is 8.33. The van der Waals surface area contributed by atoms with Crippen LogP contribution in [0.15, 0.2) is 72.8 Å². The van der Waals surface area contributed by atoms with Gasteiger partial charge in [-0.3, -0.25) is 19.1 Å². The predicted molar refractivity (Wildman–Crippen MR) is 129 cm³/mol. The molecule has 0 spiro atoms. The Bertz CT molecular complexity index is 1470. The van der Waals surface area contributed by atoms with E-state index in [1.54, 1.807) is 60.1 Å². The summed E-state index contributed by atoms with van der Waals surface area (Å²) >= 11 is 0. The molecule has 0 unspecified atom stereocenters. The number of rotatable bonds is 5. The first-order valence-electron chi connectivity index (χ1n) is 11.0. The minimum absolute atomic E-state index is 0.288. The molecule has 5 rings (SSSR count). The van der Waals surface area contributed by atoms with Gasteiger partial charge in [-0.15, -0.1) is 0 Å². The van der Waals surface area contributed by atoms with E-state index in [-0.39, 0.29) is 11.4 Å². The molecule has 0 fully saturated rings. The number of nitrogens with one attached hydrogen (secondary N) is 1.